The second kappa shape index (κ2) is 7.47. The zero-order valence-electron chi connectivity index (χ0n) is 8.13. The van der Waals surface area contributed by atoms with Crippen LogP contribution in [0.1, 0.15) is 27.2 Å². The Kier molecular flexibility index (Phi) is 7.36. The fraction of sp³-hybridized carbons (Fsp3) is 0.889. The summed E-state index contributed by atoms with van der Waals surface area (Å²) in [5, 5.41) is 0. The SMILES string of the molecule is CCOC(=O)CSCC(C)CC. The van der Waals surface area contributed by atoms with Gasteiger partial charge in [-0.1, -0.05) is 20.3 Å². The highest BCUT2D eigenvalue weighted by atomic mass is 32.2. The quantitative estimate of drug-likeness (QED) is 0.601. The average Bonchev–Trinajstić information content (AvgIpc) is 2.04. The lowest BCUT2D eigenvalue weighted by molar-refractivity contribution is -0.139. The third kappa shape index (κ3) is 6.53. The van der Waals surface area contributed by atoms with E-state index in [-0.39, 0.29) is 5.97 Å². The summed E-state index contributed by atoms with van der Waals surface area (Å²) in [4.78, 5) is 10.9. The van der Waals surface area contributed by atoms with Gasteiger partial charge >= 0.3 is 5.97 Å². The Balaban J connectivity index is 3.24. The summed E-state index contributed by atoms with van der Waals surface area (Å²) in [6, 6.07) is 0. The van der Waals surface area contributed by atoms with Gasteiger partial charge < -0.3 is 4.74 Å². The molecule has 0 fully saturated rings. The molecule has 0 amide bonds. The maximum atomic E-state index is 10.9. The van der Waals surface area contributed by atoms with Crippen LogP contribution in [0.2, 0.25) is 0 Å². The minimum Gasteiger partial charge on any atom is -0.465 e. The standard InChI is InChI=1S/C9H18O2S/c1-4-8(3)6-12-7-9(10)11-5-2/h8H,4-7H2,1-3H3. The Morgan fingerprint density at radius 3 is 2.67 bits per heavy atom. The van der Waals surface area contributed by atoms with E-state index in [9.17, 15) is 4.79 Å². The first kappa shape index (κ1) is 11.8. The van der Waals surface area contributed by atoms with Crippen LogP contribution in [-0.4, -0.2) is 24.1 Å². The number of hydrogen-bond acceptors (Lipinski definition) is 3. The molecule has 0 N–H and O–H groups in total. The summed E-state index contributed by atoms with van der Waals surface area (Å²) in [5.41, 5.74) is 0. The molecule has 0 rings (SSSR count). The fourth-order valence-electron chi connectivity index (χ4n) is 0.664. The highest BCUT2D eigenvalue weighted by molar-refractivity contribution is 7.99. The number of esters is 1. The van der Waals surface area contributed by atoms with Gasteiger partial charge in [0, 0.05) is 0 Å². The van der Waals surface area contributed by atoms with Crippen LogP contribution >= 0.6 is 11.8 Å². The molecule has 0 bridgehead atoms. The van der Waals surface area contributed by atoms with Gasteiger partial charge in [-0.3, -0.25) is 4.79 Å². The zero-order valence-corrected chi connectivity index (χ0v) is 8.95. The van der Waals surface area contributed by atoms with Crippen LogP contribution in [0.4, 0.5) is 0 Å². The molecule has 0 saturated carbocycles. The monoisotopic (exact) mass is 190 g/mol. The third-order valence-electron chi connectivity index (χ3n) is 1.62. The van der Waals surface area contributed by atoms with E-state index in [0.717, 1.165) is 5.75 Å². The van der Waals surface area contributed by atoms with E-state index in [2.05, 4.69) is 13.8 Å². The van der Waals surface area contributed by atoms with Crippen molar-refractivity contribution in [1.82, 2.24) is 0 Å². The van der Waals surface area contributed by atoms with Gasteiger partial charge in [0.1, 0.15) is 0 Å². The van der Waals surface area contributed by atoms with E-state index in [1.807, 2.05) is 6.92 Å². The predicted octanol–water partition coefficient (Wildman–Crippen LogP) is 2.33. The van der Waals surface area contributed by atoms with Crippen molar-refractivity contribution in [3.05, 3.63) is 0 Å². The molecule has 0 saturated heterocycles. The van der Waals surface area contributed by atoms with E-state index < -0.39 is 0 Å². The molecule has 0 aliphatic carbocycles. The van der Waals surface area contributed by atoms with E-state index in [1.54, 1.807) is 11.8 Å². The van der Waals surface area contributed by atoms with E-state index in [0.29, 0.717) is 18.3 Å². The van der Waals surface area contributed by atoms with Crippen molar-refractivity contribution in [1.29, 1.82) is 0 Å². The van der Waals surface area contributed by atoms with Gasteiger partial charge in [0.25, 0.3) is 0 Å². The average molecular weight is 190 g/mol. The van der Waals surface area contributed by atoms with Gasteiger partial charge in [-0.05, 0) is 18.6 Å². The van der Waals surface area contributed by atoms with Crippen LogP contribution < -0.4 is 0 Å². The van der Waals surface area contributed by atoms with Crippen LogP contribution in [0.3, 0.4) is 0 Å². The zero-order chi connectivity index (χ0) is 9.40. The van der Waals surface area contributed by atoms with E-state index >= 15 is 0 Å². The Morgan fingerprint density at radius 2 is 2.17 bits per heavy atom. The van der Waals surface area contributed by atoms with Gasteiger partial charge in [0.05, 0.1) is 12.4 Å². The molecule has 1 atom stereocenters. The number of thioether (sulfide) groups is 1. The molecular weight excluding hydrogens is 172 g/mol. The van der Waals surface area contributed by atoms with Crippen LogP contribution in [0, 0.1) is 5.92 Å². The normalized spacial score (nSPS) is 12.6. The van der Waals surface area contributed by atoms with Crippen LogP contribution in [0.15, 0.2) is 0 Å². The first-order valence-electron chi connectivity index (χ1n) is 4.44. The Hall–Kier alpha value is -0.180. The number of rotatable bonds is 6. The smallest absolute Gasteiger partial charge is 0.315 e. The molecule has 0 aliphatic heterocycles. The minimum absolute atomic E-state index is 0.0918. The van der Waals surface area contributed by atoms with E-state index in [1.165, 1.54) is 6.42 Å². The van der Waals surface area contributed by atoms with Gasteiger partial charge in [-0.2, -0.15) is 0 Å². The second-order valence-electron chi connectivity index (χ2n) is 2.83. The molecule has 1 unspecified atom stereocenters. The van der Waals surface area contributed by atoms with Crippen molar-refractivity contribution in [3.8, 4) is 0 Å². The van der Waals surface area contributed by atoms with Gasteiger partial charge in [-0.25, -0.2) is 0 Å². The fourth-order valence-corrected chi connectivity index (χ4v) is 1.67. The van der Waals surface area contributed by atoms with Crippen molar-refractivity contribution in [3.63, 3.8) is 0 Å². The van der Waals surface area contributed by atoms with Crippen molar-refractivity contribution in [2.45, 2.75) is 27.2 Å². The Labute approximate surface area is 79.1 Å². The molecule has 72 valence electrons. The van der Waals surface area contributed by atoms with Crippen molar-refractivity contribution in [2.75, 3.05) is 18.1 Å². The predicted molar refractivity (Wildman–Crippen MR) is 53.4 cm³/mol. The van der Waals surface area contributed by atoms with Crippen molar-refractivity contribution in [2.24, 2.45) is 5.92 Å². The van der Waals surface area contributed by atoms with Crippen LogP contribution in [0.5, 0.6) is 0 Å². The maximum Gasteiger partial charge on any atom is 0.315 e. The topological polar surface area (TPSA) is 26.3 Å². The summed E-state index contributed by atoms with van der Waals surface area (Å²) in [5.74, 6) is 2.16. The molecule has 0 aromatic heterocycles. The summed E-state index contributed by atoms with van der Waals surface area (Å²) < 4.78 is 4.80. The highest BCUT2D eigenvalue weighted by Gasteiger charge is 2.03. The summed E-state index contributed by atoms with van der Waals surface area (Å²) in [7, 11) is 0. The molecule has 12 heavy (non-hydrogen) atoms. The van der Waals surface area contributed by atoms with Crippen molar-refractivity contribution >= 4 is 17.7 Å². The summed E-state index contributed by atoms with van der Waals surface area (Å²) in [6.45, 7) is 6.67. The lowest BCUT2D eigenvalue weighted by atomic mass is 10.2. The summed E-state index contributed by atoms with van der Waals surface area (Å²) >= 11 is 1.66. The Morgan fingerprint density at radius 1 is 1.50 bits per heavy atom. The molecule has 3 heteroatoms. The second-order valence-corrected chi connectivity index (χ2v) is 3.86. The molecule has 0 aromatic rings. The van der Waals surface area contributed by atoms with Gasteiger partial charge in [-0.15, -0.1) is 11.8 Å². The first-order valence-corrected chi connectivity index (χ1v) is 5.59. The molecule has 0 aromatic carbocycles. The van der Waals surface area contributed by atoms with Crippen LogP contribution in [0.25, 0.3) is 0 Å². The molecule has 0 spiro atoms. The van der Waals surface area contributed by atoms with Gasteiger partial charge in [0.2, 0.25) is 0 Å². The maximum absolute atomic E-state index is 10.9. The highest BCUT2D eigenvalue weighted by Crippen LogP contribution is 2.10. The lowest BCUT2D eigenvalue weighted by Crippen LogP contribution is -2.08. The largest absolute Gasteiger partial charge is 0.465 e. The molecule has 0 radical (unpaired) electrons. The lowest BCUT2D eigenvalue weighted by Gasteiger charge is -2.06. The van der Waals surface area contributed by atoms with Crippen molar-refractivity contribution < 1.29 is 9.53 Å². The van der Waals surface area contributed by atoms with Gasteiger partial charge in [0.15, 0.2) is 0 Å². The third-order valence-corrected chi connectivity index (χ3v) is 2.87. The van der Waals surface area contributed by atoms with Crippen LogP contribution in [-0.2, 0) is 9.53 Å². The number of ether oxygens (including phenoxy) is 1. The Bertz CT molecular complexity index is 126. The van der Waals surface area contributed by atoms with E-state index in [4.69, 9.17) is 4.74 Å². The number of hydrogen-bond donors (Lipinski definition) is 0. The number of carbonyl (C=O) groups is 1. The first-order chi connectivity index (χ1) is 5.70. The molecule has 0 heterocycles. The molecule has 2 nitrogen and oxygen atoms in total. The molecule has 0 aliphatic rings. The summed E-state index contributed by atoms with van der Waals surface area (Å²) in [6.07, 6.45) is 1.18. The minimum atomic E-state index is -0.0918. The number of carbonyl (C=O) groups excluding carboxylic acids is 1. The molecular formula is C9H18O2S.